The van der Waals surface area contributed by atoms with Crippen molar-refractivity contribution in [2.24, 2.45) is 5.92 Å². The van der Waals surface area contributed by atoms with Crippen molar-refractivity contribution in [3.05, 3.63) is 34.9 Å². The molecule has 0 bridgehead atoms. The molecule has 3 atom stereocenters. The van der Waals surface area contributed by atoms with Gasteiger partial charge in [0, 0.05) is 17.1 Å². The van der Waals surface area contributed by atoms with Crippen molar-refractivity contribution in [3.63, 3.8) is 0 Å². The highest BCUT2D eigenvalue weighted by molar-refractivity contribution is 6.30. The Labute approximate surface area is 119 Å². The molecular formula is C15H20ClNO2. The zero-order chi connectivity index (χ0) is 13.8. The second-order valence-corrected chi connectivity index (χ2v) is 5.78. The van der Waals surface area contributed by atoms with Crippen molar-refractivity contribution in [1.82, 2.24) is 5.32 Å². The van der Waals surface area contributed by atoms with E-state index in [2.05, 4.69) is 12.2 Å². The highest BCUT2D eigenvalue weighted by atomic mass is 35.5. The minimum absolute atomic E-state index is 0.191. The number of hydrogen-bond donors (Lipinski definition) is 2. The van der Waals surface area contributed by atoms with E-state index in [1.54, 1.807) is 0 Å². The molecule has 1 aliphatic carbocycles. The summed E-state index contributed by atoms with van der Waals surface area (Å²) in [6.45, 7) is 2.09. The average Bonchev–Trinajstić information content (AvgIpc) is 2.39. The van der Waals surface area contributed by atoms with Crippen molar-refractivity contribution in [3.8, 4) is 0 Å². The lowest BCUT2D eigenvalue weighted by atomic mass is 9.85. The van der Waals surface area contributed by atoms with Gasteiger partial charge in [0.15, 0.2) is 0 Å². The van der Waals surface area contributed by atoms with E-state index in [1.807, 2.05) is 24.3 Å². The quantitative estimate of drug-likeness (QED) is 0.886. The maximum Gasteiger partial charge on any atom is 0.306 e. The van der Waals surface area contributed by atoms with Gasteiger partial charge in [-0.1, -0.05) is 30.2 Å². The summed E-state index contributed by atoms with van der Waals surface area (Å²) < 4.78 is 0. The molecule has 0 heterocycles. The fourth-order valence-corrected chi connectivity index (χ4v) is 2.99. The second-order valence-electron chi connectivity index (χ2n) is 5.34. The van der Waals surface area contributed by atoms with Crippen LogP contribution in [0, 0.1) is 5.92 Å². The lowest BCUT2D eigenvalue weighted by Gasteiger charge is -2.30. The normalized spacial score (nSPS) is 24.9. The molecule has 4 heteroatoms. The van der Waals surface area contributed by atoms with Crippen LogP contribution in [-0.2, 0) is 4.79 Å². The predicted molar refractivity (Wildman–Crippen MR) is 76.4 cm³/mol. The molecule has 1 saturated carbocycles. The van der Waals surface area contributed by atoms with Crippen LogP contribution < -0.4 is 5.32 Å². The summed E-state index contributed by atoms with van der Waals surface area (Å²) in [7, 11) is 0. The molecule has 0 spiro atoms. The van der Waals surface area contributed by atoms with Crippen LogP contribution in [0.3, 0.4) is 0 Å². The molecule has 2 unspecified atom stereocenters. The smallest absolute Gasteiger partial charge is 0.306 e. The SMILES string of the molecule is C[C@@H](NC1CCCC(C(=O)O)C1)c1cccc(Cl)c1. The lowest BCUT2D eigenvalue weighted by molar-refractivity contribution is -0.143. The fraction of sp³-hybridized carbons (Fsp3) is 0.533. The van der Waals surface area contributed by atoms with Crippen LogP contribution in [0.25, 0.3) is 0 Å². The van der Waals surface area contributed by atoms with E-state index >= 15 is 0 Å². The van der Waals surface area contributed by atoms with E-state index in [-0.39, 0.29) is 18.0 Å². The minimum Gasteiger partial charge on any atom is -0.481 e. The number of nitrogens with one attached hydrogen (secondary N) is 1. The van der Waals surface area contributed by atoms with Gasteiger partial charge in [0.2, 0.25) is 0 Å². The minimum atomic E-state index is -0.665. The Kier molecular flexibility index (Phi) is 4.83. The van der Waals surface area contributed by atoms with Crippen LogP contribution in [0.15, 0.2) is 24.3 Å². The van der Waals surface area contributed by atoms with Crippen LogP contribution >= 0.6 is 11.6 Å². The van der Waals surface area contributed by atoms with Gasteiger partial charge in [-0.2, -0.15) is 0 Å². The molecule has 0 amide bonds. The number of halogens is 1. The maximum atomic E-state index is 11.1. The summed E-state index contributed by atoms with van der Waals surface area (Å²) in [5.41, 5.74) is 1.14. The largest absolute Gasteiger partial charge is 0.481 e. The second kappa shape index (κ2) is 6.40. The van der Waals surface area contributed by atoms with Crippen molar-refractivity contribution >= 4 is 17.6 Å². The Bertz CT molecular complexity index is 450. The van der Waals surface area contributed by atoms with E-state index in [1.165, 1.54) is 0 Å². The fourth-order valence-electron chi connectivity index (χ4n) is 2.79. The summed E-state index contributed by atoms with van der Waals surface area (Å²) in [6, 6.07) is 8.27. The Balaban J connectivity index is 1.95. The van der Waals surface area contributed by atoms with Gasteiger partial charge in [-0.15, -0.1) is 0 Å². The molecule has 2 N–H and O–H groups in total. The standard InChI is InChI=1S/C15H20ClNO2/c1-10(11-4-2-6-13(16)8-11)17-14-7-3-5-12(9-14)15(18)19/h2,4,6,8,10,12,14,17H,3,5,7,9H2,1H3,(H,18,19)/t10-,12?,14?/m1/s1. The van der Waals surface area contributed by atoms with Crippen molar-refractivity contribution in [1.29, 1.82) is 0 Å². The highest BCUT2D eigenvalue weighted by Crippen LogP contribution is 2.27. The molecule has 0 radical (unpaired) electrons. The van der Waals surface area contributed by atoms with Gasteiger partial charge in [0.25, 0.3) is 0 Å². The van der Waals surface area contributed by atoms with E-state index in [4.69, 9.17) is 16.7 Å². The number of carbonyl (C=O) groups is 1. The molecule has 2 rings (SSSR count). The molecule has 1 aromatic rings. The lowest BCUT2D eigenvalue weighted by Crippen LogP contribution is -2.37. The Morgan fingerprint density at radius 2 is 2.26 bits per heavy atom. The molecule has 1 aromatic carbocycles. The van der Waals surface area contributed by atoms with Gasteiger partial charge >= 0.3 is 5.97 Å². The van der Waals surface area contributed by atoms with Crippen LogP contribution in [0.5, 0.6) is 0 Å². The summed E-state index contributed by atoms with van der Waals surface area (Å²) in [5, 5.41) is 13.4. The molecule has 0 saturated heterocycles. The van der Waals surface area contributed by atoms with Gasteiger partial charge in [-0.05, 0) is 43.9 Å². The van der Waals surface area contributed by atoms with Crippen molar-refractivity contribution in [2.45, 2.75) is 44.7 Å². The van der Waals surface area contributed by atoms with Gasteiger partial charge in [-0.3, -0.25) is 4.79 Å². The molecule has 0 aliphatic heterocycles. The topological polar surface area (TPSA) is 49.3 Å². The van der Waals surface area contributed by atoms with Gasteiger partial charge in [-0.25, -0.2) is 0 Å². The zero-order valence-corrected chi connectivity index (χ0v) is 11.9. The van der Waals surface area contributed by atoms with Crippen LogP contribution in [0.2, 0.25) is 5.02 Å². The van der Waals surface area contributed by atoms with E-state index < -0.39 is 5.97 Å². The number of carboxylic acid groups (broad SMARTS) is 1. The Morgan fingerprint density at radius 1 is 1.47 bits per heavy atom. The Morgan fingerprint density at radius 3 is 2.95 bits per heavy atom. The third-order valence-electron chi connectivity index (χ3n) is 3.86. The van der Waals surface area contributed by atoms with E-state index in [0.717, 1.165) is 36.3 Å². The molecule has 1 fully saturated rings. The monoisotopic (exact) mass is 281 g/mol. The van der Waals surface area contributed by atoms with E-state index in [0.29, 0.717) is 0 Å². The number of carboxylic acids is 1. The molecule has 104 valence electrons. The third-order valence-corrected chi connectivity index (χ3v) is 4.09. The van der Waals surface area contributed by atoms with Crippen molar-refractivity contribution < 1.29 is 9.90 Å². The van der Waals surface area contributed by atoms with Gasteiger partial charge in [0.1, 0.15) is 0 Å². The first-order valence-corrected chi connectivity index (χ1v) is 7.18. The van der Waals surface area contributed by atoms with Gasteiger partial charge < -0.3 is 10.4 Å². The number of rotatable bonds is 4. The average molecular weight is 282 g/mol. The summed E-state index contributed by atoms with van der Waals surface area (Å²) in [5.74, 6) is -0.861. The van der Waals surface area contributed by atoms with E-state index in [9.17, 15) is 4.79 Å². The molecule has 3 nitrogen and oxygen atoms in total. The van der Waals surface area contributed by atoms with Crippen molar-refractivity contribution in [2.75, 3.05) is 0 Å². The van der Waals surface area contributed by atoms with Crippen LogP contribution in [0.1, 0.15) is 44.2 Å². The first kappa shape index (κ1) is 14.4. The summed E-state index contributed by atoms with van der Waals surface area (Å²) in [4.78, 5) is 11.1. The predicted octanol–water partition coefficient (Wildman–Crippen LogP) is 3.63. The number of aliphatic carboxylic acids is 1. The third kappa shape index (κ3) is 3.95. The summed E-state index contributed by atoms with van der Waals surface area (Å²) in [6.07, 6.45) is 3.56. The highest BCUT2D eigenvalue weighted by Gasteiger charge is 2.27. The first-order chi connectivity index (χ1) is 9.06. The molecule has 1 aliphatic rings. The zero-order valence-electron chi connectivity index (χ0n) is 11.1. The Hall–Kier alpha value is -1.06. The van der Waals surface area contributed by atoms with Crippen LogP contribution in [0.4, 0.5) is 0 Å². The summed E-state index contributed by atoms with van der Waals surface area (Å²) >= 11 is 5.99. The molecule has 0 aromatic heterocycles. The number of benzene rings is 1. The molecular weight excluding hydrogens is 262 g/mol. The molecule has 19 heavy (non-hydrogen) atoms. The number of hydrogen-bond acceptors (Lipinski definition) is 2. The van der Waals surface area contributed by atoms with Crippen LogP contribution in [-0.4, -0.2) is 17.1 Å². The first-order valence-electron chi connectivity index (χ1n) is 6.80. The maximum absolute atomic E-state index is 11.1. The van der Waals surface area contributed by atoms with Gasteiger partial charge in [0.05, 0.1) is 5.92 Å².